The highest BCUT2D eigenvalue weighted by Gasteiger charge is 2.44. The lowest BCUT2D eigenvalue weighted by molar-refractivity contribution is -0.302. The molecule has 1 fully saturated rings. The third-order valence-electron chi connectivity index (χ3n) is 14.6. The minimum absolute atomic E-state index is 0.00749. The molecule has 11 heteroatoms. The second-order valence-corrected chi connectivity index (χ2v) is 21.4. The van der Waals surface area contributed by atoms with Crippen molar-refractivity contribution in [2.45, 2.75) is 333 Å². The van der Waals surface area contributed by atoms with E-state index >= 15 is 0 Å². The summed E-state index contributed by atoms with van der Waals surface area (Å²) < 4.78 is 16.7. The Kier molecular flexibility index (Phi) is 48.5. The topological polar surface area (TPSA) is 175 Å². The van der Waals surface area contributed by atoms with Gasteiger partial charge in [0.05, 0.1) is 32.0 Å². The van der Waals surface area contributed by atoms with Gasteiger partial charge in [-0.3, -0.25) is 9.59 Å². The summed E-state index contributed by atoms with van der Waals surface area (Å²) in [6.07, 6.45) is 51.5. The van der Waals surface area contributed by atoms with Gasteiger partial charge in [-0.15, -0.1) is 0 Å². The van der Waals surface area contributed by atoms with E-state index in [1.165, 1.54) is 205 Å². The number of allylic oxidation sites excluding steroid dienone is 3. The van der Waals surface area contributed by atoms with Gasteiger partial charge in [0.25, 0.3) is 0 Å². The molecule has 424 valence electrons. The molecule has 0 spiro atoms. The molecule has 1 amide bonds. The van der Waals surface area contributed by atoms with Gasteiger partial charge < -0.3 is 45.1 Å². The first kappa shape index (κ1) is 68.2. The lowest BCUT2D eigenvalue weighted by Gasteiger charge is -2.40. The molecule has 0 bridgehead atoms. The number of esters is 1. The average molecular weight is 1020 g/mol. The fraction of sp³-hybridized carbons (Fsp3) is 0.902. The van der Waals surface area contributed by atoms with Crippen LogP contribution in [0, 0.1) is 0 Å². The molecule has 7 atom stereocenters. The van der Waals surface area contributed by atoms with Gasteiger partial charge in [-0.2, -0.15) is 0 Å². The summed E-state index contributed by atoms with van der Waals surface area (Å²) in [6.45, 7) is 4.30. The number of rotatable bonds is 53. The largest absolute Gasteiger partial charge is 0.466 e. The normalized spacial score (nSPS) is 19.1. The number of nitrogens with one attached hydrogen (secondary N) is 1. The highest BCUT2D eigenvalue weighted by atomic mass is 16.7. The Bertz CT molecular complexity index is 1250. The Balaban J connectivity index is 1.98. The molecule has 1 aliphatic heterocycles. The number of hydrogen-bond acceptors (Lipinski definition) is 10. The molecule has 0 aromatic rings. The van der Waals surface area contributed by atoms with E-state index in [-0.39, 0.29) is 18.5 Å². The number of unbranched alkanes of at least 4 members (excludes halogenated alkanes) is 37. The fourth-order valence-corrected chi connectivity index (χ4v) is 9.67. The Morgan fingerprint density at radius 3 is 1.36 bits per heavy atom. The van der Waals surface area contributed by atoms with E-state index in [0.717, 1.165) is 57.8 Å². The van der Waals surface area contributed by atoms with Gasteiger partial charge in [0.15, 0.2) is 6.29 Å². The summed E-state index contributed by atoms with van der Waals surface area (Å²) >= 11 is 0. The molecular formula is C61H115NO10. The van der Waals surface area contributed by atoms with Gasteiger partial charge in [-0.05, 0) is 57.8 Å². The van der Waals surface area contributed by atoms with Crippen LogP contribution in [0.4, 0.5) is 0 Å². The van der Waals surface area contributed by atoms with Crippen molar-refractivity contribution in [2.75, 3.05) is 19.8 Å². The average Bonchev–Trinajstić information content (AvgIpc) is 3.38. The second kappa shape index (κ2) is 51.3. The SMILES string of the molecule is CCCCC/C=C\CCCCCCCC(=O)OCCCCCCCCCCCCCCCCCCCCCCCCCC(=O)NC(COC1OC(CO)C(O)C(O)C1O)C(O)/C=C/CCCCCCCCC. The first-order chi connectivity index (χ1) is 35.2. The summed E-state index contributed by atoms with van der Waals surface area (Å²) in [7, 11) is 0. The van der Waals surface area contributed by atoms with Gasteiger partial charge in [-0.1, -0.05) is 244 Å². The molecule has 0 radical (unpaired) electrons. The summed E-state index contributed by atoms with van der Waals surface area (Å²) in [5.74, 6) is -0.190. The van der Waals surface area contributed by atoms with Crippen LogP contribution in [0.5, 0.6) is 0 Å². The van der Waals surface area contributed by atoms with Crippen LogP contribution in [0.15, 0.2) is 24.3 Å². The molecule has 0 aromatic carbocycles. The van der Waals surface area contributed by atoms with Gasteiger partial charge in [0.1, 0.15) is 24.4 Å². The van der Waals surface area contributed by atoms with Crippen LogP contribution in [0.1, 0.15) is 290 Å². The zero-order valence-corrected chi connectivity index (χ0v) is 46.7. The zero-order chi connectivity index (χ0) is 52.4. The number of carbonyl (C=O) groups excluding carboxylic acids is 2. The van der Waals surface area contributed by atoms with Crippen LogP contribution in [0.2, 0.25) is 0 Å². The number of ether oxygens (including phenoxy) is 3. The van der Waals surface area contributed by atoms with Crippen molar-refractivity contribution in [1.29, 1.82) is 0 Å². The number of aliphatic hydroxyl groups is 5. The van der Waals surface area contributed by atoms with Crippen LogP contribution >= 0.6 is 0 Å². The Labute approximate surface area is 441 Å². The standard InChI is InChI=1S/C61H115NO10/c1-3-5-7-9-11-13-14-29-33-37-41-45-49-57(66)70-50-46-42-38-34-30-27-25-23-21-19-17-15-16-18-20-22-24-26-28-32-36-40-44-48-56(65)62-53(54(64)47-43-39-35-31-12-10-8-6-4-2)52-71-61-60(69)59(68)58(67)55(51-63)72-61/h11,13,43,47,53-55,58-61,63-64,67-69H,3-10,12,14-42,44-46,48-52H2,1-2H3,(H,62,65)/b13-11-,47-43+. The van der Waals surface area contributed by atoms with Crippen molar-refractivity contribution in [3.63, 3.8) is 0 Å². The van der Waals surface area contributed by atoms with Gasteiger partial charge in [0.2, 0.25) is 5.91 Å². The zero-order valence-electron chi connectivity index (χ0n) is 46.7. The number of aliphatic hydroxyl groups excluding tert-OH is 5. The Hall–Kier alpha value is -1.86. The van der Waals surface area contributed by atoms with E-state index in [9.17, 15) is 35.1 Å². The predicted octanol–water partition coefficient (Wildman–Crippen LogP) is 14.1. The first-order valence-electron chi connectivity index (χ1n) is 30.6. The van der Waals surface area contributed by atoms with Gasteiger partial charge in [0, 0.05) is 12.8 Å². The molecule has 1 aliphatic rings. The number of carbonyl (C=O) groups is 2. The molecule has 0 aliphatic carbocycles. The molecule has 72 heavy (non-hydrogen) atoms. The maximum Gasteiger partial charge on any atom is 0.305 e. The van der Waals surface area contributed by atoms with Crippen LogP contribution in [-0.4, -0.2) is 100 Å². The molecule has 0 aromatic heterocycles. The first-order valence-corrected chi connectivity index (χ1v) is 30.6. The molecule has 1 heterocycles. The molecular weight excluding hydrogens is 907 g/mol. The molecule has 1 rings (SSSR count). The molecule has 6 N–H and O–H groups in total. The lowest BCUT2D eigenvalue weighted by atomic mass is 9.99. The Morgan fingerprint density at radius 1 is 0.500 bits per heavy atom. The summed E-state index contributed by atoms with van der Waals surface area (Å²) in [5.41, 5.74) is 0. The lowest BCUT2D eigenvalue weighted by Crippen LogP contribution is -2.60. The van der Waals surface area contributed by atoms with Gasteiger partial charge in [-0.25, -0.2) is 0 Å². The third-order valence-corrected chi connectivity index (χ3v) is 14.6. The quantitative estimate of drug-likeness (QED) is 0.0195. The van der Waals surface area contributed by atoms with Crippen LogP contribution < -0.4 is 5.32 Å². The molecule has 0 saturated carbocycles. The van der Waals surface area contributed by atoms with E-state index < -0.39 is 49.5 Å². The second-order valence-electron chi connectivity index (χ2n) is 21.4. The highest BCUT2D eigenvalue weighted by molar-refractivity contribution is 5.76. The maximum atomic E-state index is 13.0. The van der Waals surface area contributed by atoms with E-state index in [4.69, 9.17) is 14.2 Å². The fourth-order valence-electron chi connectivity index (χ4n) is 9.67. The summed E-state index contributed by atoms with van der Waals surface area (Å²) in [5, 5.41) is 54.2. The van der Waals surface area contributed by atoms with Crippen molar-refractivity contribution in [3.05, 3.63) is 24.3 Å². The van der Waals surface area contributed by atoms with Crippen molar-refractivity contribution >= 4 is 11.9 Å². The summed E-state index contributed by atoms with van der Waals surface area (Å²) in [6, 6.07) is -0.807. The van der Waals surface area contributed by atoms with Crippen molar-refractivity contribution in [3.8, 4) is 0 Å². The minimum Gasteiger partial charge on any atom is -0.466 e. The molecule has 7 unspecified atom stereocenters. The van der Waals surface area contributed by atoms with Gasteiger partial charge >= 0.3 is 5.97 Å². The third kappa shape index (κ3) is 40.5. The molecule has 11 nitrogen and oxygen atoms in total. The summed E-state index contributed by atoms with van der Waals surface area (Å²) in [4.78, 5) is 25.0. The Morgan fingerprint density at radius 2 is 0.889 bits per heavy atom. The maximum absolute atomic E-state index is 13.0. The van der Waals surface area contributed by atoms with Crippen LogP contribution in [-0.2, 0) is 23.8 Å². The van der Waals surface area contributed by atoms with Crippen LogP contribution in [0.3, 0.4) is 0 Å². The minimum atomic E-state index is -1.57. The van der Waals surface area contributed by atoms with E-state index in [1.807, 2.05) is 6.08 Å². The van der Waals surface area contributed by atoms with E-state index in [0.29, 0.717) is 19.4 Å². The number of hydrogen-bond donors (Lipinski definition) is 6. The van der Waals surface area contributed by atoms with E-state index in [1.54, 1.807) is 6.08 Å². The number of amides is 1. The van der Waals surface area contributed by atoms with Crippen molar-refractivity contribution in [2.24, 2.45) is 0 Å². The van der Waals surface area contributed by atoms with E-state index in [2.05, 4.69) is 31.3 Å². The highest BCUT2D eigenvalue weighted by Crippen LogP contribution is 2.23. The van der Waals surface area contributed by atoms with Crippen molar-refractivity contribution < 1.29 is 49.3 Å². The molecule has 1 saturated heterocycles. The van der Waals surface area contributed by atoms with Crippen molar-refractivity contribution in [1.82, 2.24) is 5.32 Å². The predicted molar refractivity (Wildman–Crippen MR) is 297 cm³/mol. The van der Waals surface area contributed by atoms with Crippen LogP contribution in [0.25, 0.3) is 0 Å². The smallest absolute Gasteiger partial charge is 0.305 e. The monoisotopic (exact) mass is 1020 g/mol.